The largest absolute Gasteiger partial charge is 0.396 e. The Kier molecular flexibility index (Phi) is 5.82. The monoisotopic (exact) mass is 328 g/mol. The highest BCUT2D eigenvalue weighted by Gasteiger charge is 2.18. The number of hydrogen-bond donors (Lipinski definition) is 3. The van der Waals surface area contributed by atoms with Crippen molar-refractivity contribution in [3.63, 3.8) is 0 Å². The fraction of sp³-hybridized carbons (Fsp3) is 0.500. The molecular formula is C14H21BrN2O2. The Bertz CT molecular complexity index is 447. The molecule has 1 aromatic carbocycles. The van der Waals surface area contributed by atoms with Gasteiger partial charge < -0.3 is 15.7 Å². The van der Waals surface area contributed by atoms with Crippen molar-refractivity contribution in [2.24, 2.45) is 5.41 Å². The van der Waals surface area contributed by atoms with Gasteiger partial charge in [-0.05, 0) is 52.4 Å². The van der Waals surface area contributed by atoms with Gasteiger partial charge in [-0.2, -0.15) is 0 Å². The molecule has 0 aliphatic rings. The molecule has 3 N–H and O–H groups in total. The van der Waals surface area contributed by atoms with Gasteiger partial charge in [0.1, 0.15) is 0 Å². The highest BCUT2D eigenvalue weighted by Crippen LogP contribution is 2.23. The van der Waals surface area contributed by atoms with Gasteiger partial charge in [0.05, 0.1) is 5.69 Å². The standard InChI is InChI=1S/C14H21BrN2O2/c1-10-4-5-11(15)12(8-10)17-13(19)16-9-14(2,3)6-7-18/h4-5,8,18H,6-7,9H2,1-3H3,(H2,16,17,19). The first-order chi connectivity index (χ1) is 8.84. The van der Waals surface area contributed by atoms with E-state index >= 15 is 0 Å². The van der Waals surface area contributed by atoms with Crippen LogP contribution in [0.25, 0.3) is 0 Å². The van der Waals surface area contributed by atoms with E-state index in [0.29, 0.717) is 13.0 Å². The summed E-state index contributed by atoms with van der Waals surface area (Å²) >= 11 is 3.40. The maximum absolute atomic E-state index is 11.8. The molecule has 0 atom stereocenters. The second kappa shape index (κ2) is 6.91. The van der Waals surface area contributed by atoms with Gasteiger partial charge in [-0.1, -0.05) is 19.9 Å². The summed E-state index contributed by atoms with van der Waals surface area (Å²) in [6.07, 6.45) is 0.654. The minimum atomic E-state index is -0.239. The van der Waals surface area contributed by atoms with Gasteiger partial charge in [0.15, 0.2) is 0 Å². The number of urea groups is 1. The lowest BCUT2D eigenvalue weighted by atomic mass is 9.90. The fourth-order valence-corrected chi connectivity index (χ4v) is 1.96. The number of aliphatic hydroxyl groups excluding tert-OH is 1. The van der Waals surface area contributed by atoms with E-state index in [9.17, 15) is 4.79 Å². The summed E-state index contributed by atoms with van der Waals surface area (Å²) < 4.78 is 0.850. The van der Waals surface area contributed by atoms with Crippen LogP contribution in [0.3, 0.4) is 0 Å². The van der Waals surface area contributed by atoms with Gasteiger partial charge in [0.25, 0.3) is 0 Å². The van der Waals surface area contributed by atoms with E-state index in [2.05, 4.69) is 26.6 Å². The van der Waals surface area contributed by atoms with Crippen molar-refractivity contribution in [3.05, 3.63) is 28.2 Å². The molecule has 0 bridgehead atoms. The van der Waals surface area contributed by atoms with E-state index in [4.69, 9.17) is 5.11 Å². The summed E-state index contributed by atoms with van der Waals surface area (Å²) in [6.45, 7) is 6.63. The summed E-state index contributed by atoms with van der Waals surface area (Å²) in [5.74, 6) is 0. The van der Waals surface area contributed by atoms with Crippen LogP contribution in [0.5, 0.6) is 0 Å². The summed E-state index contributed by atoms with van der Waals surface area (Å²) in [4.78, 5) is 11.8. The highest BCUT2D eigenvalue weighted by atomic mass is 79.9. The van der Waals surface area contributed by atoms with E-state index in [1.54, 1.807) is 0 Å². The van der Waals surface area contributed by atoms with Gasteiger partial charge in [-0.3, -0.25) is 0 Å². The van der Waals surface area contributed by atoms with Gasteiger partial charge in [0, 0.05) is 17.6 Å². The molecule has 0 heterocycles. The number of amides is 2. The first-order valence-corrected chi connectivity index (χ1v) is 7.05. The van der Waals surface area contributed by atoms with E-state index < -0.39 is 0 Å². The van der Waals surface area contributed by atoms with Crippen LogP contribution in [-0.4, -0.2) is 24.3 Å². The van der Waals surface area contributed by atoms with Crippen LogP contribution >= 0.6 is 15.9 Å². The minimum Gasteiger partial charge on any atom is -0.396 e. The van der Waals surface area contributed by atoms with Crippen molar-refractivity contribution in [1.29, 1.82) is 0 Å². The van der Waals surface area contributed by atoms with Crippen molar-refractivity contribution in [3.8, 4) is 0 Å². The molecule has 0 aliphatic carbocycles. The zero-order valence-corrected chi connectivity index (χ0v) is 13.2. The molecule has 0 aliphatic heterocycles. The average molecular weight is 329 g/mol. The molecule has 0 saturated heterocycles. The smallest absolute Gasteiger partial charge is 0.319 e. The minimum absolute atomic E-state index is 0.115. The number of benzene rings is 1. The SMILES string of the molecule is Cc1ccc(Br)c(NC(=O)NCC(C)(C)CCO)c1. The van der Waals surface area contributed by atoms with Crippen LogP contribution < -0.4 is 10.6 Å². The molecule has 19 heavy (non-hydrogen) atoms. The van der Waals surface area contributed by atoms with E-state index in [0.717, 1.165) is 15.7 Å². The van der Waals surface area contributed by atoms with Crippen molar-refractivity contribution in [1.82, 2.24) is 5.32 Å². The lowest BCUT2D eigenvalue weighted by molar-refractivity contribution is 0.204. The second-order valence-corrected chi connectivity index (χ2v) is 6.28. The topological polar surface area (TPSA) is 61.4 Å². The molecule has 0 spiro atoms. The quantitative estimate of drug-likeness (QED) is 0.776. The molecule has 0 unspecified atom stereocenters. The number of anilines is 1. The molecule has 0 saturated carbocycles. The van der Waals surface area contributed by atoms with Crippen molar-refractivity contribution in [2.45, 2.75) is 27.2 Å². The maximum atomic E-state index is 11.8. The molecule has 106 valence electrons. The zero-order chi connectivity index (χ0) is 14.5. The number of halogens is 1. The van der Waals surface area contributed by atoms with Crippen LogP contribution in [0, 0.1) is 12.3 Å². The molecule has 0 radical (unpaired) electrons. The average Bonchev–Trinajstić information content (AvgIpc) is 2.31. The summed E-state index contributed by atoms with van der Waals surface area (Å²) in [6, 6.07) is 5.54. The van der Waals surface area contributed by atoms with Crippen molar-refractivity contribution >= 4 is 27.6 Å². The van der Waals surface area contributed by atoms with Crippen LogP contribution in [-0.2, 0) is 0 Å². The van der Waals surface area contributed by atoms with E-state index in [1.165, 1.54) is 0 Å². The predicted octanol–water partition coefficient (Wildman–Crippen LogP) is 3.29. The Balaban J connectivity index is 2.54. The van der Waals surface area contributed by atoms with Crippen LogP contribution in [0.1, 0.15) is 25.8 Å². The predicted molar refractivity (Wildman–Crippen MR) is 81.4 cm³/mol. The third kappa shape index (κ3) is 5.61. The first kappa shape index (κ1) is 16.0. The zero-order valence-electron chi connectivity index (χ0n) is 11.6. The van der Waals surface area contributed by atoms with E-state index in [1.807, 2.05) is 39.0 Å². The fourth-order valence-electron chi connectivity index (χ4n) is 1.61. The van der Waals surface area contributed by atoms with Gasteiger partial charge in [-0.15, -0.1) is 0 Å². The molecule has 1 rings (SSSR count). The Labute approximate surface area is 122 Å². The molecule has 1 aromatic rings. The lowest BCUT2D eigenvalue weighted by Crippen LogP contribution is -2.37. The lowest BCUT2D eigenvalue weighted by Gasteiger charge is -2.24. The molecular weight excluding hydrogens is 308 g/mol. The van der Waals surface area contributed by atoms with E-state index in [-0.39, 0.29) is 18.1 Å². The Morgan fingerprint density at radius 3 is 2.74 bits per heavy atom. The number of aryl methyl sites for hydroxylation is 1. The summed E-state index contributed by atoms with van der Waals surface area (Å²) in [5, 5.41) is 14.6. The van der Waals surface area contributed by atoms with Gasteiger partial charge in [-0.25, -0.2) is 4.79 Å². The molecule has 5 heteroatoms. The number of nitrogens with one attached hydrogen (secondary N) is 2. The normalized spacial score (nSPS) is 11.2. The summed E-state index contributed by atoms with van der Waals surface area (Å²) in [5.41, 5.74) is 1.72. The number of carbonyl (C=O) groups is 1. The van der Waals surface area contributed by atoms with Gasteiger partial charge >= 0.3 is 6.03 Å². The maximum Gasteiger partial charge on any atom is 0.319 e. The Morgan fingerprint density at radius 2 is 2.11 bits per heavy atom. The number of rotatable bonds is 5. The Morgan fingerprint density at radius 1 is 1.42 bits per heavy atom. The highest BCUT2D eigenvalue weighted by molar-refractivity contribution is 9.10. The number of aliphatic hydroxyl groups is 1. The van der Waals surface area contributed by atoms with Crippen LogP contribution in [0.4, 0.5) is 10.5 Å². The summed E-state index contributed by atoms with van der Waals surface area (Å²) in [7, 11) is 0. The third-order valence-electron chi connectivity index (χ3n) is 2.89. The third-order valence-corrected chi connectivity index (χ3v) is 3.58. The molecule has 2 amide bonds. The van der Waals surface area contributed by atoms with Crippen molar-refractivity contribution in [2.75, 3.05) is 18.5 Å². The second-order valence-electron chi connectivity index (χ2n) is 5.43. The van der Waals surface area contributed by atoms with Crippen molar-refractivity contribution < 1.29 is 9.90 Å². The van der Waals surface area contributed by atoms with Gasteiger partial charge in [0.2, 0.25) is 0 Å². The molecule has 0 aromatic heterocycles. The molecule has 4 nitrogen and oxygen atoms in total. The first-order valence-electron chi connectivity index (χ1n) is 6.26. The molecule has 0 fully saturated rings. The van der Waals surface area contributed by atoms with Crippen LogP contribution in [0.15, 0.2) is 22.7 Å². The van der Waals surface area contributed by atoms with Crippen LogP contribution in [0.2, 0.25) is 0 Å². The number of carbonyl (C=O) groups excluding carboxylic acids is 1. The Hall–Kier alpha value is -1.07. The number of hydrogen-bond acceptors (Lipinski definition) is 2.